The van der Waals surface area contributed by atoms with Crippen molar-refractivity contribution in [1.29, 1.82) is 0 Å². The standard InChI is InChI=1S/C17H25N3/c1-5-18-17(16-9-7-6-8-14(16)4)12-15-10-11-20(19-15)13(2)3/h6-11,13,17-18H,5,12H2,1-4H3. The molecule has 1 aromatic carbocycles. The maximum absolute atomic E-state index is 4.66. The Bertz CT molecular complexity index is 543. The number of aromatic nitrogens is 2. The van der Waals surface area contributed by atoms with Crippen LogP contribution in [0.15, 0.2) is 36.5 Å². The minimum absolute atomic E-state index is 0.330. The summed E-state index contributed by atoms with van der Waals surface area (Å²) < 4.78 is 2.02. The van der Waals surface area contributed by atoms with Crippen molar-refractivity contribution < 1.29 is 0 Å². The molecular weight excluding hydrogens is 246 g/mol. The molecule has 0 amide bonds. The summed E-state index contributed by atoms with van der Waals surface area (Å²) in [5.74, 6) is 0. The number of hydrogen-bond donors (Lipinski definition) is 1. The molecule has 108 valence electrons. The van der Waals surface area contributed by atoms with Gasteiger partial charge in [-0.2, -0.15) is 5.10 Å². The summed E-state index contributed by atoms with van der Waals surface area (Å²) in [5, 5.41) is 8.24. The van der Waals surface area contributed by atoms with Gasteiger partial charge in [0.15, 0.2) is 0 Å². The Kier molecular flexibility index (Phi) is 4.96. The minimum Gasteiger partial charge on any atom is -0.310 e. The van der Waals surface area contributed by atoms with E-state index in [1.165, 1.54) is 11.1 Å². The molecule has 0 aliphatic heterocycles. The molecule has 1 N–H and O–H groups in total. The lowest BCUT2D eigenvalue weighted by atomic mass is 9.97. The van der Waals surface area contributed by atoms with Crippen molar-refractivity contribution in [3.63, 3.8) is 0 Å². The van der Waals surface area contributed by atoms with Crippen molar-refractivity contribution in [2.45, 2.75) is 46.2 Å². The number of likely N-dealkylation sites (N-methyl/N-ethyl adjacent to an activating group) is 1. The Hall–Kier alpha value is -1.61. The van der Waals surface area contributed by atoms with Gasteiger partial charge in [-0.05, 0) is 44.5 Å². The Morgan fingerprint density at radius 3 is 2.55 bits per heavy atom. The van der Waals surface area contributed by atoms with Crippen LogP contribution in [-0.2, 0) is 6.42 Å². The SMILES string of the molecule is CCNC(Cc1ccn(C(C)C)n1)c1ccccc1C. The van der Waals surface area contributed by atoms with Gasteiger partial charge in [0, 0.05) is 24.7 Å². The summed E-state index contributed by atoms with van der Waals surface area (Å²) in [6.07, 6.45) is 3.00. The molecule has 1 heterocycles. The zero-order valence-corrected chi connectivity index (χ0v) is 12.9. The molecule has 20 heavy (non-hydrogen) atoms. The molecule has 1 aromatic heterocycles. The summed E-state index contributed by atoms with van der Waals surface area (Å²) in [5.41, 5.74) is 3.85. The maximum atomic E-state index is 4.66. The summed E-state index contributed by atoms with van der Waals surface area (Å²) in [4.78, 5) is 0. The number of nitrogens with one attached hydrogen (secondary N) is 1. The molecule has 0 aliphatic carbocycles. The van der Waals surface area contributed by atoms with Crippen LogP contribution >= 0.6 is 0 Å². The molecule has 0 saturated heterocycles. The van der Waals surface area contributed by atoms with E-state index in [9.17, 15) is 0 Å². The molecule has 3 nitrogen and oxygen atoms in total. The summed E-state index contributed by atoms with van der Waals surface area (Å²) >= 11 is 0. The van der Waals surface area contributed by atoms with Gasteiger partial charge < -0.3 is 5.32 Å². The molecule has 0 radical (unpaired) electrons. The fraction of sp³-hybridized carbons (Fsp3) is 0.471. The van der Waals surface area contributed by atoms with Crippen LogP contribution in [0.3, 0.4) is 0 Å². The molecule has 0 spiro atoms. The first-order chi connectivity index (χ1) is 9.61. The average molecular weight is 271 g/mol. The van der Waals surface area contributed by atoms with Crippen molar-refractivity contribution in [3.05, 3.63) is 53.3 Å². The third kappa shape index (κ3) is 3.48. The molecule has 0 fully saturated rings. The number of nitrogens with zero attached hydrogens (tertiary/aromatic N) is 2. The highest BCUT2D eigenvalue weighted by Gasteiger charge is 2.15. The van der Waals surface area contributed by atoms with E-state index >= 15 is 0 Å². The fourth-order valence-electron chi connectivity index (χ4n) is 2.50. The molecular formula is C17H25N3. The lowest BCUT2D eigenvalue weighted by Crippen LogP contribution is -2.24. The van der Waals surface area contributed by atoms with Crippen molar-refractivity contribution in [3.8, 4) is 0 Å². The van der Waals surface area contributed by atoms with E-state index in [4.69, 9.17) is 0 Å². The van der Waals surface area contributed by atoms with Crippen molar-refractivity contribution in [1.82, 2.24) is 15.1 Å². The molecule has 3 heteroatoms. The zero-order valence-electron chi connectivity index (χ0n) is 12.9. The van der Waals surface area contributed by atoms with Crippen molar-refractivity contribution >= 4 is 0 Å². The van der Waals surface area contributed by atoms with Gasteiger partial charge in [0.25, 0.3) is 0 Å². The second kappa shape index (κ2) is 6.71. The molecule has 0 saturated carbocycles. The molecule has 0 bridgehead atoms. The number of hydrogen-bond acceptors (Lipinski definition) is 2. The number of aryl methyl sites for hydroxylation is 1. The van der Waals surface area contributed by atoms with Gasteiger partial charge in [0.1, 0.15) is 0 Å². The predicted octanol–water partition coefficient (Wildman–Crippen LogP) is 3.67. The second-order valence-corrected chi connectivity index (χ2v) is 5.55. The normalized spacial score (nSPS) is 12.8. The average Bonchev–Trinajstić information content (AvgIpc) is 2.88. The minimum atomic E-state index is 0.330. The zero-order chi connectivity index (χ0) is 14.5. The van der Waals surface area contributed by atoms with E-state index in [2.05, 4.69) is 74.6 Å². The Morgan fingerprint density at radius 2 is 1.95 bits per heavy atom. The number of rotatable bonds is 6. The first kappa shape index (κ1) is 14.8. The first-order valence-electron chi connectivity index (χ1n) is 7.44. The van der Waals surface area contributed by atoms with Crippen molar-refractivity contribution in [2.75, 3.05) is 6.54 Å². The highest BCUT2D eigenvalue weighted by molar-refractivity contribution is 5.29. The molecule has 1 atom stereocenters. The van der Waals surface area contributed by atoms with Gasteiger partial charge in [-0.25, -0.2) is 0 Å². The van der Waals surface area contributed by atoms with E-state index in [-0.39, 0.29) is 0 Å². The van der Waals surface area contributed by atoms with E-state index in [1.54, 1.807) is 0 Å². The predicted molar refractivity (Wildman–Crippen MR) is 83.9 cm³/mol. The summed E-state index contributed by atoms with van der Waals surface area (Å²) in [6.45, 7) is 9.59. The largest absolute Gasteiger partial charge is 0.310 e. The van der Waals surface area contributed by atoms with Crippen LogP contribution in [0, 0.1) is 6.92 Å². The topological polar surface area (TPSA) is 29.9 Å². The van der Waals surface area contributed by atoms with Crippen LogP contribution < -0.4 is 5.32 Å². The Morgan fingerprint density at radius 1 is 1.20 bits per heavy atom. The Labute approximate surface area is 122 Å². The van der Waals surface area contributed by atoms with Gasteiger partial charge in [0.2, 0.25) is 0 Å². The van der Waals surface area contributed by atoms with Crippen LogP contribution in [0.2, 0.25) is 0 Å². The van der Waals surface area contributed by atoms with Crippen LogP contribution in [-0.4, -0.2) is 16.3 Å². The van der Waals surface area contributed by atoms with Gasteiger partial charge in [-0.1, -0.05) is 31.2 Å². The third-order valence-electron chi connectivity index (χ3n) is 3.62. The summed E-state index contributed by atoms with van der Waals surface area (Å²) in [7, 11) is 0. The van der Waals surface area contributed by atoms with E-state index in [0.717, 1.165) is 18.7 Å². The summed E-state index contributed by atoms with van der Waals surface area (Å²) in [6, 6.07) is 11.5. The van der Waals surface area contributed by atoms with Crippen molar-refractivity contribution in [2.24, 2.45) is 0 Å². The van der Waals surface area contributed by atoms with E-state index in [1.807, 2.05) is 4.68 Å². The van der Waals surface area contributed by atoms with Crippen LogP contribution in [0.1, 0.15) is 49.7 Å². The van der Waals surface area contributed by atoms with Gasteiger partial charge in [0.05, 0.1) is 5.69 Å². The van der Waals surface area contributed by atoms with Gasteiger partial charge in [-0.15, -0.1) is 0 Å². The highest BCUT2D eigenvalue weighted by Crippen LogP contribution is 2.21. The first-order valence-corrected chi connectivity index (χ1v) is 7.44. The molecule has 1 unspecified atom stereocenters. The maximum Gasteiger partial charge on any atom is 0.0643 e. The quantitative estimate of drug-likeness (QED) is 0.869. The second-order valence-electron chi connectivity index (χ2n) is 5.55. The van der Waals surface area contributed by atoms with Crippen LogP contribution in [0.4, 0.5) is 0 Å². The molecule has 2 aromatic rings. The fourth-order valence-corrected chi connectivity index (χ4v) is 2.50. The van der Waals surface area contributed by atoms with Crippen LogP contribution in [0.25, 0.3) is 0 Å². The number of benzene rings is 1. The Balaban J connectivity index is 2.19. The lowest BCUT2D eigenvalue weighted by molar-refractivity contribution is 0.506. The van der Waals surface area contributed by atoms with Gasteiger partial charge in [-0.3, -0.25) is 4.68 Å². The molecule has 2 rings (SSSR count). The monoisotopic (exact) mass is 271 g/mol. The highest BCUT2D eigenvalue weighted by atomic mass is 15.3. The lowest BCUT2D eigenvalue weighted by Gasteiger charge is -2.19. The van der Waals surface area contributed by atoms with E-state index < -0.39 is 0 Å². The third-order valence-corrected chi connectivity index (χ3v) is 3.62. The molecule has 0 aliphatic rings. The smallest absolute Gasteiger partial charge is 0.0643 e. The van der Waals surface area contributed by atoms with E-state index in [0.29, 0.717) is 12.1 Å². The van der Waals surface area contributed by atoms with Crippen LogP contribution in [0.5, 0.6) is 0 Å². The van der Waals surface area contributed by atoms with Gasteiger partial charge >= 0.3 is 0 Å².